The van der Waals surface area contributed by atoms with Crippen molar-refractivity contribution in [1.29, 1.82) is 5.41 Å². The summed E-state index contributed by atoms with van der Waals surface area (Å²) in [6.07, 6.45) is 0. The molecule has 0 aliphatic carbocycles. The molecule has 5 heteroatoms. The summed E-state index contributed by atoms with van der Waals surface area (Å²) >= 11 is 0. The van der Waals surface area contributed by atoms with Gasteiger partial charge in [0.1, 0.15) is 12.5 Å². The van der Waals surface area contributed by atoms with Crippen LogP contribution in [0.25, 0.3) is 0 Å². The van der Waals surface area contributed by atoms with Crippen molar-refractivity contribution in [3.05, 3.63) is 29.6 Å². The highest BCUT2D eigenvalue weighted by molar-refractivity contribution is 5.90. The number of hydrogen-bond acceptors (Lipinski definition) is 1. The van der Waals surface area contributed by atoms with Crippen LogP contribution in [0, 0.1) is 11.2 Å². The number of anilines is 1. The van der Waals surface area contributed by atoms with Crippen LogP contribution in [0.4, 0.5) is 14.5 Å². The van der Waals surface area contributed by atoms with Crippen molar-refractivity contribution in [3.63, 3.8) is 0 Å². The molecule has 0 amide bonds. The normalized spacial score (nSPS) is 9.69. The van der Waals surface area contributed by atoms with E-state index in [2.05, 4.69) is 5.32 Å². The second-order valence-corrected chi connectivity index (χ2v) is 2.47. The first-order valence-corrected chi connectivity index (χ1v) is 3.59. The lowest BCUT2D eigenvalue weighted by Crippen LogP contribution is -2.21. The van der Waals surface area contributed by atoms with Gasteiger partial charge in [-0.25, -0.2) is 8.78 Å². The highest BCUT2D eigenvalue weighted by Crippen LogP contribution is 2.17. The Balaban J connectivity index is 2.99. The van der Waals surface area contributed by atoms with Gasteiger partial charge in [-0.2, -0.15) is 0 Å². The van der Waals surface area contributed by atoms with Crippen LogP contribution in [0.1, 0.15) is 5.56 Å². The van der Waals surface area contributed by atoms with Gasteiger partial charge in [-0.3, -0.25) is 5.41 Å². The van der Waals surface area contributed by atoms with Gasteiger partial charge in [-0.1, -0.05) is 0 Å². The third-order valence-corrected chi connectivity index (χ3v) is 1.48. The molecule has 1 aromatic rings. The highest BCUT2D eigenvalue weighted by Gasteiger charge is 2.03. The van der Waals surface area contributed by atoms with E-state index >= 15 is 0 Å². The Morgan fingerprint density at radius 2 is 2.23 bits per heavy atom. The molecular formula is C8H9F2N3. The quantitative estimate of drug-likeness (QED) is 0.484. The van der Waals surface area contributed by atoms with Crippen molar-refractivity contribution in [1.82, 2.24) is 0 Å². The summed E-state index contributed by atoms with van der Waals surface area (Å²) in [6, 6.07) is 3.57. The molecular weight excluding hydrogens is 176 g/mol. The topological polar surface area (TPSA) is 61.9 Å². The zero-order chi connectivity index (χ0) is 9.84. The van der Waals surface area contributed by atoms with Crippen LogP contribution in [0.2, 0.25) is 0 Å². The van der Waals surface area contributed by atoms with Gasteiger partial charge in [0.2, 0.25) is 0 Å². The minimum atomic E-state index is -0.798. The van der Waals surface area contributed by atoms with Gasteiger partial charge in [-0.15, -0.1) is 0 Å². The van der Waals surface area contributed by atoms with E-state index in [1.807, 2.05) is 0 Å². The largest absolute Gasteiger partial charge is 0.370 e. The van der Waals surface area contributed by atoms with Crippen LogP contribution in [0.15, 0.2) is 18.2 Å². The Kier molecular flexibility index (Phi) is 2.79. The fourth-order valence-corrected chi connectivity index (χ4v) is 0.940. The summed E-state index contributed by atoms with van der Waals surface area (Å²) in [5.74, 6) is -0.817. The minimum absolute atomic E-state index is 0.148. The van der Waals surface area contributed by atoms with Gasteiger partial charge in [-0.05, 0) is 18.2 Å². The lowest BCUT2D eigenvalue weighted by Gasteiger charge is -2.07. The van der Waals surface area contributed by atoms with E-state index in [0.29, 0.717) is 5.69 Å². The van der Waals surface area contributed by atoms with E-state index < -0.39 is 12.5 Å². The average molecular weight is 185 g/mol. The summed E-state index contributed by atoms with van der Waals surface area (Å²) < 4.78 is 24.9. The van der Waals surface area contributed by atoms with Crippen LogP contribution >= 0.6 is 0 Å². The molecule has 0 heterocycles. The molecule has 0 unspecified atom stereocenters. The van der Waals surface area contributed by atoms with Crippen LogP contribution in [0.3, 0.4) is 0 Å². The molecule has 4 N–H and O–H groups in total. The molecule has 0 fully saturated rings. The van der Waals surface area contributed by atoms with Gasteiger partial charge in [0.15, 0.2) is 5.96 Å². The SMILES string of the molecule is N=C(N)Nc1ccc(F)cc1CF. The molecule has 70 valence electrons. The number of nitrogens with one attached hydrogen (secondary N) is 2. The van der Waals surface area contributed by atoms with Crippen LogP contribution in [-0.2, 0) is 6.67 Å². The molecule has 1 rings (SSSR count). The maximum absolute atomic E-state index is 12.6. The van der Waals surface area contributed by atoms with E-state index in [1.54, 1.807) is 0 Å². The number of halogens is 2. The van der Waals surface area contributed by atoms with Gasteiger partial charge in [0.05, 0.1) is 0 Å². The fourth-order valence-electron chi connectivity index (χ4n) is 0.940. The average Bonchev–Trinajstić information content (AvgIpc) is 2.07. The standard InChI is InChI=1S/C8H9F2N3/c9-4-5-3-6(10)1-2-7(5)13-8(11)12/h1-3H,4H2,(H4,11,12,13). The number of guanidine groups is 1. The molecule has 1 aromatic carbocycles. The smallest absolute Gasteiger partial charge is 0.190 e. The van der Waals surface area contributed by atoms with Crippen LogP contribution in [-0.4, -0.2) is 5.96 Å². The summed E-state index contributed by atoms with van der Waals surface area (Å²) in [7, 11) is 0. The molecule has 3 nitrogen and oxygen atoms in total. The van der Waals surface area contributed by atoms with Gasteiger partial charge >= 0.3 is 0 Å². The molecule has 0 atom stereocenters. The van der Waals surface area contributed by atoms with Gasteiger partial charge in [0, 0.05) is 11.3 Å². The Labute approximate surface area is 74.1 Å². The Morgan fingerprint density at radius 3 is 2.77 bits per heavy atom. The zero-order valence-corrected chi connectivity index (χ0v) is 6.77. The number of benzene rings is 1. The summed E-state index contributed by atoms with van der Waals surface area (Å²) in [5.41, 5.74) is 5.51. The third kappa shape index (κ3) is 2.40. The maximum atomic E-state index is 12.6. The predicted molar refractivity (Wildman–Crippen MR) is 46.7 cm³/mol. The Hall–Kier alpha value is -1.65. The second-order valence-electron chi connectivity index (χ2n) is 2.47. The van der Waals surface area contributed by atoms with E-state index in [0.717, 1.165) is 6.07 Å². The molecule has 13 heavy (non-hydrogen) atoms. The van der Waals surface area contributed by atoms with Gasteiger partial charge < -0.3 is 11.1 Å². The van der Waals surface area contributed by atoms with E-state index in [-0.39, 0.29) is 11.5 Å². The first-order valence-electron chi connectivity index (χ1n) is 3.59. The molecule has 0 bridgehead atoms. The summed E-state index contributed by atoms with van der Waals surface area (Å²) in [5, 5.41) is 9.31. The molecule has 0 spiro atoms. The molecule has 0 saturated heterocycles. The minimum Gasteiger partial charge on any atom is -0.370 e. The third-order valence-electron chi connectivity index (χ3n) is 1.48. The molecule has 0 aliphatic rings. The molecule has 0 saturated carbocycles. The molecule has 0 aromatic heterocycles. The fraction of sp³-hybridized carbons (Fsp3) is 0.125. The summed E-state index contributed by atoms with van der Waals surface area (Å²) in [4.78, 5) is 0. The monoisotopic (exact) mass is 185 g/mol. The number of rotatable bonds is 2. The summed E-state index contributed by atoms with van der Waals surface area (Å²) in [6.45, 7) is -0.798. The van der Waals surface area contributed by atoms with E-state index in [9.17, 15) is 8.78 Å². The second kappa shape index (κ2) is 3.84. The number of hydrogen-bond donors (Lipinski definition) is 3. The van der Waals surface area contributed by atoms with E-state index in [4.69, 9.17) is 11.1 Å². The van der Waals surface area contributed by atoms with Crippen LogP contribution in [0.5, 0.6) is 0 Å². The Morgan fingerprint density at radius 1 is 1.54 bits per heavy atom. The molecule has 0 aliphatic heterocycles. The number of nitrogens with two attached hydrogens (primary N) is 1. The molecule has 0 radical (unpaired) electrons. The lowest BCUT2D eigenvalue weighted by atomic mass is 10.2. The lowest BCUT2D eigenvalue weighted by molar-refractivity contribution is 0.483. The first kappa shape index (κ1) is 9.44. The van der Waals surface area contributed by atoms with E-state index in [1.165, 1.54) is 12.1 Å². The van der Waals surface area contributed by atoms with Crippen molar-refractivity contribution in [3.8, 4) is 0 Å². The van der Waals surface area contributed by atoms with Crippen LogP contribution < -0.4 is 11.1 Å². The highest BCUT2D eigenvalue weighted by atomic mass is 19.1. The van der Waals surface area contributed by atoms with Crippen molar-refractivity contribution in [2.24, 2.45) is 5.73 Å². The maximum Gasteiger partial charge on any atom is 0.190 e. The van der Waals surface area contributed by atoms with Crippen molar-refractivity contribution < 1.29 is 8.78 Å². The zero-order valence-electron chi connectivity index (χ0n) is 6.77. The first-order chi connectivity index (χ1) is 6.13. The van der Waals surface area contributed by atoms with Crippen molar-refractivity contribution >= 4 is 11.6 Å². The number of alkyl halides is 1. The van der Waals surface area contributed by atoms with Gasteiger partial charge in [0.25, 0.3) is 0 Å². The Bertz CT molecular complexity index is 325. The van der Waals surface area contributed by atoms with Crippen molar-refractivity contribution in [2.75, 3.05) is 5.32 Å². The van der Waals surface area contributed by atoms with Crippen molar-refractivity contribution in [2.45, 2.75) is 6.67 Å². The predicted octanol–water partition coefficient (Wildman–Crippen LogP) is 1.60.